The zero-order valence-electron chi connectivity index (χ0n) is 13.9. The van der Waals surface area contributed by atoms with Gasteiger partial charge in [-0.1, -0.05) is 12.1 Å². The highest BCUT2D eigenvalue weighted by Crippen LogP contribution is 2.37. The van der Waals surface area contributed by atoms with Crippen LogP contribution in [0.3, 0.4) is 0 Å². The Morgan fingerprint density at radius 2 is 2.17 bits per heavy atom. The minimum Gasteiger partial charge on any atom is -0.480 e. The molecule has 2 aliphatic heterocycles. The maximum absolute atomic E-state index is 12.3. The fourth-order valence-corrected chi connectivity index (χ4v) is 4.36. The molecule has 24 heavy (non-hydrogen) atoms. The lowest BCUT2D eigenvalue weighted by molar-refractivity contribution is -0.141. The maximum Gasteiger partial charge on any atom is 0.321 e. The minimum absolute atomic E-state index is 0.0314. The Morgan fingerprint density at radius 1 is 1.38 bits per heavy atom. The summed E-state index contributed by atoms with van der Waals surface area (Å²) in [5.74, 6) is -2.00. The summed E-state index contributed by atoms with van der Waals surface area (Å²) in [6, 6.07) is 7.49. The van der Waals surface area contributed by atoms with Crippen molar-refractivity contribution in [1.29, 1.82) is 0 Å². The predicted molar refractivity (Wildman–Crippen MR) is 91.8 cm³/mol. The summed E-state index contributed by atoms with van der Waals surface area (Å²) in [5.41, 5.74) is 7.99. The first-order valence-electron chi connectivity index (χ1n) is 8.58. The van der Waals surface area contributed by atoms with Crippen molar-refractivity contribution >= 4 is 17.6 Å². The van der Waals surface area contributed by atoms with Crippen LogP contribution < -0.4 is 16.0 Å². The highest BCUT2D eigenvalue weighted by molar-refractivity contribution is 5.81. The number of carbonyl (C=O) groups is 2. The van der Waals surface area contributed by atoms with Crippen LogP contribution in [-0.2, 0) is 9.59 Å². The van der Waals surface area contributed by atoms with Crippen LogP contribution in [0.1, 0.15) is 24.8 Å². The third kappa shape index (κ3) is 3.11. The van der Waals surface area contributed by atoms with E-state index in [1.807, 2.05) is 25.1 Å². The number of aryl methyl sites for hydroxylation is 1. The average molecular weight is 331 g/mol. The number of hydrogen-bond donors (Lipinski definition) is 3. The van der Waals surface area contributed by atoms with E-state index in [1.54, 1.807) is 0 Å². The van der Waals surface area contributed by atoms with Crippen LogP contribution in [0.2, 0.25) is 0 Å². The van der Waals surface area contributed by atoms with E-state index in [2.05, 4.69) is 16.3 Å². The maximum atomic E-state index is 12.3. The van der Waals surface area contributed by atoms with Crippen LogP contribution in [0.15, 0.2) is 24.3 Å². The standard InChI is InChI=1S/C18H25N3O3/c1-11-4-2-5-12(10-11)21-9-3-6-14(21)15(17(19)22)13-7-8-20-16(13)18(23)24/h2,4-5,10,13-16,20H,3,6-9H2,1H3,(H2,19,22)(H,23,24)/t13?,14?,15?,16-/m0/s1. The van der Waals surface area contributed by atoms with Gasteiger partial charge in [0.05, 0.1) is 5.92 Å². The number of anilines is 1. The number of nitrogens with zero attached hydrogens (tertiary/aromatic N) is 1. The molecule has 4 N–H and O–H groups in total. The summed E-state index contributed by atoms with van der Waals surface area (Å²) in [7, 11) is 0. The molecule has 3 rings (SSSR count). The molecule has 0 bridgehead atoms. The second kappa shape index (κ2) is 6.81. The van der Waals surface area contributed by atoms with Gasteiger partial charge in [-0.25, -0.2) is 0 Å². The normalized spacial score (nSPS) is 28.0. The zero-order valence-corrected chi connectivity index (χ0v) is 13.9. The monoisotopic (exact) mass is 331 g/mol. The Morgan fingerprint density at radius 3 is 2.83 bits per heavy atom. The molecule has 1 aromatic rings. The molecular formula is C18H25N3O3. The molecule has 2 aliphatic rings. The van der Waals surface area contributed by atoms with Gasteiger partial charge in [0.15, 0.2) is 0 Å². The van der Waals surface area contributed by atoms with E-state index in [1.165, 1.54) is 5.56 Å². The smallest absolute Gasteiger partial charge is 0.321 e. The highest BCUT2D eigenvalue weighted by atomic mass is 16.4. The van der Waals surface area contributed by atoms with Crippen molar-refractivity contribution in [3.8, 4) is 0 Å². The van der Waals surface area contributed by atoms with Crippen LogP contribution in [0.4, 0.5) is 5.69 Å². The zero-order chi connectivity index (χ0) is 17.3. The van der Waals surface area contributed by atoms with Crippen molar-refractivity contribution in [2.45, 2.75) is 38.3 Å². The fraction of sp³-hybridized carbons (Fsp3) is 0.556. The summed E-state index contributed by atoms with van der Waals surface area (Å²) >= 11 is 0. The highest BCUT2D eigenvalue weighted by Gasteiger charge is 2.46. The minimum atomic E-state index is -0.899. The van der Waals surface area contributed by atoms with Gasteiger partial charge in [-0.2, -0.15) is 0 Å². The van der Waals surface area contributed by atoms with Gasteiger partial charge in [-0.15, -0.1) is 0 Å². The van der Waals surface area contributed by atoms with Gasteiger partial charge < -0.3 is 21.1 Å². The number of nitrogens with two attached hydrogens (primary N) is 1. The Kier molecular flexibility index (Phi) is 4.76. The van der Waals surface area contributed by atoms with Crippen LogP contribution in [-0.4, -0.2) is 42.2 Å². The van der Waals surface area contributed by atoms with Gasteiger partial charge in [0.25, 0.3) is 0 Å². The van der Waals surface area contributed by atoms with Crippen LogP contribution >= 0.6 is 0 Å². The van der Waals surface area contributed by atoms with E-state index in [0.29, 0.717) is 13.0 Å². The Labute approximate surface area is 142 Å². The number of hydrogen-bond acceptors (Lipinski definition) is 4. The Balaban J connectivity index is 1.90. The molecular weight excluding hydrogens is 306 g/mol. The molecule has 6 heteroatoms. The van der Waals surface area contributed by atoms with Gasteiger partial charge in [-0.3, -0.25) is 9.59 Å². The summed E-state index contributed by atoms with van der Waals surface area (Å²) in [4.78, 5) is 26.0. The number of benzene rings is 1. The molecule has 0 aromatic heterocycles. The molecule has 4 atom stereocenters. The molecule has 6 nitrogen and oxygen atoms in total. The molecule has 2 saturated heterocycles. The third-order valence-electron chi connectivity index (χ3n) is 5.37. The third-order valence-corrected chi connectivity index (χ3v) is 5.37. The molecule has 1 aromatic carbocycles. The van der Waals surface area contributed by atoms with Crippen molar-refractivity contribution in [3.05, 3.63) is 29.8 Å². The van der Waals surface area contributed by atoms with E-state index in [0.717, 1.165) is 25.1 Å². The number of amides is 1. The number of primary amides is 1. The van der Waals surface area contributed by atoms with Crippen molar-refractivity contribution in [1.82, 2.24) is 5.32 Å². The number of rotatable bonds is 5. The molecule has 0 saturated carbocycles. The Bertz CT molecular complexity index is 634. The summed E-state index contributed by atoms with van der Waals surface area (Å²) in [6.45, 7) is 3.53. The van der Waals surface area contributed by atoms with Crippen molar-refractivity contribution in [3.63, 3.8) is 0 Å². The molecule has 3 unspecified atom stereocenters. The van der Waals surface area contributed by atoms with Crippen molar-refractivity contribution < 1.29 is 14.7 Å². The first-order chi connectivity index (χ1) is 11.5. The average Bonchev–Trinajstić information content (AvgIpc) is 3.17. The number of carboxylic acids is 1. The van der Waals surface area contributed by atoms with E-state index in [-0.39, 0.29) is 17.9 Å². The van der Waals surface area contributed by atoms with Crippen LogP contribution in [0, 0.1) is 18.8 Å². The van der Waals surface area contributed by atoms with Gasteiger partial charge in [0, 0.05) is 18.3 Å². The molecule has 2 heterocycles. The molecule has 2 fully saturated rings. The van der Waals surface area contributed by atoms with Gasteiger partial charge in [-0.05, 0) is 56.3 Å². The second-order valence-corrected chi connectivity index (χ2v) is 6.89. The van der Waals surface area contributed by atoms with E-state index < -0.39 is 17.9 Å². The quantitative estimate of drug-likeness (QED) is 0.752. The Hall–Kier alpha value is -2.08. The van der Waals surface area contributed by atoms with E-state index >= 15 is 0 Å². The topological polar surface area (TPSA) is 95.7 Å². The number of aliphatic carboxylic acids is 1. The predicted octanol–water partition coefficient (Wildman–Crippen LogP) is 1.13. The molecule has 130 valence electrons. The lowest BCUT2D eigenvalue weighted by Crippen LogP contribution is -2.50. The second-order valence-electron chi connectivity index (χ2n) is 6.89. The van der Waals surface area contributed by atoms with Crippen molar-refractivity contribution in [2.75, 3.05) is 18.0 Å². The molecule has 0 aliphatic carbocycles. The first kappa shape index (κ1) is 16.8. The van der Waals surface area contributed by atoms with E-state index in [9.17, 15) is 14.7 Å². The number of carbonyl (C=O) groups excluding carboxylic acids is 1. The van der Waals surface area contributed by atoms with Gasteiger partial charge in [0.2, 0.25) is 5.91 Å². The van der Waals surface area contributed by atoms with Crippen molar-refractivity contribution in [2.24, 2.45) is 17.6 Å². The van der Waals surface area contributed by atoms with Crippen LogP contribution in [0.25, 0.3) is 0 Å². The van der Waals surface area contributed by atoms with E-state index in [4.69, 9.17) is 5.73 Å². The summed E-state index contributed by atoms with van der Waals surface area (Å²) in [6.07, 6.45) is 2.52. The van der Waals surface area contributed by atoms with Crippen LogP contribution in [0.5, 0.6) is 0 Å². The number of nitrogens with one attached hydrogen (secondary N) is 1. The lowest BCUT2D eigenvalue weighted by Gasteiger charge is -2.36. The lowest BCUT2D eigenvalue weighted by atomic mass is 9.79. The van der Waals surface area contributed by atoms with Gasteiger partial charge >= 0.3 is 5.97 Å². The molecule has 0 radical (unpaired) electrons. The molecule has 1 amide bonds. The first-order valence-corrected chi connectivity index (χ1v) is 8.58. The SMILES string of the molecule is Cc1cccc(N2CCCC2C(C(N)=O)C2CCN[C@@H]2C(=O)O)c1. The summed E-state index contributed by atoms with van der Waals surface area (Å²) in [5, 5.41) is 12.5. The largest absolute Gasteiger partial charge is 0.480 e. The van der Waals surface area contributed by atoms with Gasteiger partial charge in [0.1, 0.15) is 6.04 Å². The number of carboxylic acid groups (broad SMARTS) is 1. The molecule has 0 spiro atoms. The summed E-state index contributed by atoms with van der Waals surface area (Å²) < 4.78 is 0. The fourth-order valence-electron chi connectivity index (χ4n) is 4.36.